The van der Waals surface area contributed by atoms with Gasteiger partial charge in [-0.15, -0.1) is 0 Å². The Bertz CT molecular complexity index is 751. The molecule has 5 heteroatoms. The van der Waals surface area contributed by atoms with Crippen LogP contribution in [0.15, 0.2) is 48.5 Å². The Labute approximate surface area is 122 Å². The lowest BCUT2D eigenvalue weighted by Crippen LogP contribution is -2.40. The highest BCUT2D eigenvalue weighted by molar-refractivity contribution is 6.10. The molecule has 21 heavy (non-hydrogen) atoms. The highest BCUT2D eigenvalue weighted by Crippen LogP contribution is 2.39. The van der Waals surface area contributed by atoms with Crippen LogP contribution in [-0.4, -0.2) is 13.0 Å². The number of hydrogen-bond donors (Lipinski definition) is 2. The Balaban J connectivity index is 2.10. The van der Waals surface area contributed by atoms with Crippen molar-refractivity contribution in [1.29, 1.82) is 5.26 Å². The van der Waals surface area contributed by atoms with E-state index in [0.717, 1.165) is 0 Å². The van der Waals surface area contributed by atoms with Crippen LogP contribution >= 0.6 is 0 Å². The number of amides is 1. The van der Waals surface area contributed by atoms with Crippen LogP contribution in [0.1, 0.15) is 5.56 Å². The zero-order chi connectivity index (χ0) is 14.9. The third-order valence-corrected chi connectivity index (χ3v) is 3.52. The van der Waals surface area contributed by atoms with Crippen molar-refractivity contribution < 1.29 is 9.53 Å². The number of carbonyl (C=O) groups excluding carboxylic acids is 1. The van der Waals surface area contributed by atoms with Gasteiger partial charge in [0.2, 0.25) is 5.54 Å². The molecule has 0 aliphatic carbocycles. The van der Waals surface area contributed by atoms with E-state index < -0.39 is 11.4 Å². The van der Waals surface area contributed by atoms with Gasteiger partial charge in [0, 0.05) is 11.3 Å². The summed E-state index contributed by atoms with van der Waals surface area (Å²) < 4.78 is 5.26. The van der Waals surface area contributed by atoms with Crippen molar-refractivity contribution in [3.8, 4) is 11.8 Å². The van der Waals surface area contributed by atoms with Crippen molar-refractivity contribution in [2.45, 2.75) is 5.54 Å². The van der Waals surface area contributed by atoms with Crippen molar-refractivity contribution in [1.82, 2.24) is 0 Å². The van der Waals surface area contributed by atoms with E-state index in [1.807, 2.05) is 18.2 Å². The van der Waals surface area contributed by atoms with Gasteiger partial charge in [-0.2, -0.15) is 5.26 Å². The van der Waals surface area contributed by atoms with E-state index in [9.17, 15) is 10.1 Å². The summed E-state index contributed by atoms with van der Waals surface area (Å²) in [6.07, 6.45) is 0. The molecule has 2 N–H and O–H groups in total. The molecule has 0 fully saturated rings. The minimum atomic E-state index is -1.45. The molecular weight excluding hydrogens is 266 g/mol. The molecule has 0 radical (unpaired) electrons. The number of rotatable bonds is 3. The van der Waals surface area contributed by atoms with Crippen LogP contribution in [-0.2, 0) is 10.3 Å². The average Bonchev–Trinajstić information content (AvgIpc) is 2.80. The molecule has 0 saturated carbocycles. The van der Waals surface area contributed by atoms with E-state index in [0.29, 0.717) is 22.7 Å². The number of fused-ring (bicyclic) bond motifs is 1. The van der Waals surface area contributed by atoms with Crippen LogP contribution in [0.25, 0.3) is 0 Å². The Hall–Kier alpha value is -3.00. The number of para-hydroxylation sites is 3. The molecule has 0 unspecified atom stereocenters. The molecule has 0 aromatic heterocycles. The second-order valence-electron chi connectivity index (χ2n) is 4.69. The molecule has 104 valence electrons. The second-order valence-corrected chi connectivity index (χ2v) is 4.69. The lowest BCUT2D eigenvalue weighted by Gasteiger charge is -2.23. The molecule has 5 nitrogen and oxygen atoms in total. The number of anilines is 2. The molecule has 1 aliphatic heterocycles. The minimum absolute atomic E-state index is 0.392. The number of carbonyl (C=O) groups is 1. The number of nitrogens with one attached hydrogen (secondary N) is 2. The predicted molar refractivity (Wildman–Crippen MR) is 79.0 cm³/mol. The van der Waals surface area contributed by atoms with Crippen molar-refractivity contribution >= 4 is 17.3 Å². The molecule has 2 aromatic rings. The maximum Gasteiger partial charge on any atom is 0.269 e. The van der Waals surface area contributed by atoms with Gasteiger partial charge in [0.15, 0.2) is 0 Å². The van der Waals surface area contributed by atoms with E-state index in [1.165, 1.54) is 0 Å². The fourth-order valence-electron chi connectivity index (χ4n) is 2.47. The first kappa shape index (κ1) is 13.0. The Morgan fingerprint density at radius 1 is 1.19 bits per heavy atom. The van der Waals surface area contributed by atoms with E-state index in [1.54, 1.807) is 37.4 Å². The van der Waals surface area contributed by atoms with Crippen molar-refractivity contribution in [2.75, 3.05) is 17.7 Å². The zero-order valence-corrected chi connectivity index (χ0v) is 11.4. The van der Waals surface area contributed by atoms with Crippen molar-refractivity contribution in [3.05, 3.63) is 54.1 Å². The molecule has 1 amide bonds. The Morgan fingerprint density at radius 3 is 2.67 bits per heavy atom. The standard InChI is InChI=1S/C16H13N3O2/c1-21-14-9-5-4-8-13(14)19-16(10-17)11-6-2-3-7-12(11)18-15(16)20/h2-9,19H,1H3,(H,18,20)/t16-/m1/s1. The number of methoxy groups -OCH3 is 1. The normalized spacial score (nSPS) is 19.3. The predicted octanol–water partition coefficient (Wildman–Crippen LogP) is 2.48. The van der Waals surface area contributed by atoms with E-state index >= 15 is 0 Å². The number of ether oxygens (including phenoxy) is 1. The van der Waals surface area contributed by atoms with Gasteiger partial charge in [0.1, 0.15) is 11.8 Å². The molecule has 2 aromatic carbocycles. The van der Waals surface area contributed by atoms with Crippen LogP contribution in [0, 0.1) is 11.3 Å². The summed E-state index contributed by atoms with van der Waals surface area (Å²) in [6.45, 7) is 0. The topological polar surface area (TPSA) is 74.1 Å². The third kappa shape index (κ3) is 1.89. The summed E-state index contributed by atoms with van der Waals surface area (Å²) in [4.78, 5) is 12.4. The van der Waals surface area contributed by atoms with Crippen LogP contribution < -0.4 is 15.4 Å². The summed E-state index contributed by atoms with van der Waals surface area (Å²) in [7, 11) is 1.54. The van der Waals surface area contributed by atoms with Gasteiger partial charge in [-0.25, -0.2) is 0 Å². The van der Waals surface area contributed by atoms with Gasteiger partial charge in [0.05, 0.1) is 12.8 Å². The summed E-state index contributed by atoms with van der Waals surface area (Å²) in [6, 6.07) is 16.4. The molecular formula is C16H13N3O2. The molecule has 0 saturated heterocycles. The summed E-state index contributed by atoms with van der Waals surface area (Å²) in [5, 5.41) is 15.4. The Kier molecular flexibility index (Phi) is 2.99. The molecule has 1 heterocycles. The highest BCUT2D eigenvalue weighted by Gasteiger charge is 2.48. The van der Waals surface area contributed by atoms with Crippen LogP contribution in [0.5, 0.6) is 5.75 Å². The number of hydrogen-bond acceptors (Lipinski definition) is 4. The second kappa shape index (κ2) is 4.84. The van der Waals surface area contributed by atoms with E-state index in [2.05, 4.69) is 16.7 Å². The summed E-state index contributed by atoms with van der Waals surface area (Å²) in [5.74, 6) is 0.182. The molecule has 3 rings (SSSR count). The molecule has 1 atom stereocenters. The molecule has 0 bridgehead atoms. The lowest BCUT2D eigenvalue weighted by atomic mass is 9.92. The van der Waals surface area contributed by atoms with Crippen molar-refractivity contribution in [2.24, 2.45) is 0 Å². The zero-order valence-electron chi connectivity index (χ0n) is 11.4. The van der Waals surface area contributed by atoms with Gasteiger partial charge in [-0.05, 0) is 18.2 Å². The van der Waals surface area contributed by atoms with Crippen LogP contribution in [0.4, 0.5) is 11.4 Å². The van der Waals surface area contributed by atoms with Gasteiger partial charge >= 0.3 is 0 Å². The van der Waals surface area contributed by atoms with Crippen LogP contribution in [0.3, 0.4) is 0 Å². The highest BCUT2D eigenvalue weighted by atomic mass is 16.5. The Morgan fingerprint density at radius 2 is 1.90 bits per heavy atom. The van der Waals surface area contributed by atoms with Gasteiger partial charge < -0.3 is 15.4 Å². The smallest absolute Gasteiger partial charge is 0.269 e. The maximum atomic E-state index is 12.4. The van der Waals surface area contributed by atoms with E-state index in [4.69, 9.17) is 4.74 Å². The fraction of sp³-hybridized carbons (Fsp3) is 0.125. The molecule has 0 spiro atoms. The first-order valence-electron chi connectivity index (χ1n) is 6.44. The SMILES string of the molecule is COc1ccccc1N[C@@]1(C#N)C(=O)Nc2ccccc21. The van der Waals surface area contributed by atoms with E-state index in [-0.39, 0.29) is 0 Å². The first-order valence-corrected chi connectivity index (χ1v) is 6.44. The van der Waals surface area contributed by atoms with Gasteiger partial charge in [-0.3, -0.25) is 4.79 Å². The van der Waals surface area contributed by atoms with Gasteiger partial charge in [-0.1, -0.05) is 30.3 Å². The maximum absolute atomic E-state index is 12.4. The quantitative estimate of drug-likeness (QED) is 0.905. The van der Waals surface area contributed by atoms with Crippen molar-refractivity contribution in [3.63, 3.8) is 0 Å². The summed E-state index contributed by atoms with van der Waals surface area (Å²) >= 11 is 0. The number of nitrogens with zero attached hydrogens (tertiary/aromatic N) is 1. The third-order valence-electron chi connectivity index (χ3n) is 3.52. The molecule has 1 aliphatic rings. The number of nitriles is 1. The first-order chi connectivity index (χ1) is 10.2. The largest absolute Gasteiger partial charge is 0.495 e. The summed E-state index contributed by atoms with van der Waals surface area (Å²) in [5.41, 5.74) is 0.397. The average molecular weight is 279 g/mol. The van der Waals surface area contributed by atoms with Gasteiger partial charge in [0.25, 0.3) is 5.91 Å². The number of benzene rings is 2. The van der Waals surface area contributed by atoms with Crippen LogP contribution in [0.2, 0.25) is 0 Å². The lowest BCUT2D eigenvalue weighted by molar-refractivity contribution is -0.118. The monoisotopic (exact) mass is 279 g/mol. The fourth-order valence-corrected chi connectivity index (χ4v) is 2.47. The minimum Gasteiger partial charge on any atom is -0.495 e.